The first kappa shape index (κ1) is 14.7. The van der Waals surface area contributed by atoms with Gasteiger partial charge in [-0.1, -0.05) is 12.1 Å². The number of carbonyl (C=O) groups is 1. The van der Waals surface area contributed by atoms with Crippen molar-refractivity contribution >= 4 is 16.0 Å². The molecule has 0 atom stereocenters. The Bertz CT molecular complexity index is 803. The van der Waals surface area contributed by atoms with E-state index in [4.69, 9.17) is 10.4 Å². The number of hydrogen-bond donors (Lipinski definition) is 3. The van der Waals surface area contributed by atoms with Crippen LogP contribution in [-0.2, 0) is 16.6 Å². The fourth-order valence-electron chi connectivity index (χ4n) is 1.58. The lowest BCUT2D eigenvalue weighted by molar-refractivity contribution is 0.0692. The van der Waals surface area contributed by atoms with Gasteiger partial charge in [0.05, 0.1) is 17.8 Å². The van der Waals surface area contributed by atoms with Crippen LogP contribution in [0.15, 0.2) is 35.5 Å². The van der Waals surface area contributed by atoms with Crippen LogP contribution < -0.4 is 4.72 Å². The number of nitriles is 1. The minimum atomic E-state index is -4.02. The predicted octanol–water partition coefficient (Wildman–Crippen LogP) is 0.458. The molecule has 0 amide bonds. The molecule has 0 saturated heterocycles. The van der Waals surface area contributed by atoms with Gasteiger partial charge in [-0.15, -0.1) is 0 Å². The zero-order valence-electron chi connectivity index (χ0n) is 10.6. The van der Waals surface area contributed by atoms with Crippen LogP contribution >= 0.6 is 0 Å². The van der Waals surface area contributed by atoms with Crippen molar-refractivity contribution in [2.45, 2.75) is 11.6 Å². The second kappa shape index (κ2) is 5.74. The van der Waals surface area contributed by atoms with Gasteiger partial charge >= 0.3 is 5.97 Å². The Morgan fingerprint density at radius 2 is 2.05 bits per heavy atom. The van der Waals surface area contributed by atoms with Gasteiger partial charge < -0.3 is 5.11 Å². The zero-order valence-corrected chi connectivity index (χ0v) is 11.4. The molecule has 2 rings (SSSR count). The van der Waals surface area contributed by atoms with Gasteiger partial charge in [0.25, 0.3) is 10.0 Å². The summed E-state index contributed by atoms with van der Waals surface area (Å²) in [7, 11) is -4.02. The summed E-state index contributed by atoms with van der Waals surface area (Å²) in [6.45, 7) is -0.0356. The lowest BCUT2D eigenvalue weighted by atomic mass is 10.1. The first-order valence-electron chi connectivity index (χ1n) is 5.69. The number of hydrogen-bond acceptors (Lipinski definition) is 5. The third-order valence-electron chi connectivity index (χ3n) is 2.65. The SMILES string of the molecule is N#Cc1ccc(CNS(=O)(=O)c2[nH]ncc2C(=O)O)cc1. The third kappa shape index (κ3) is 3.25. The fraction of sp³-hybridized carbons (Fsp3) is 0.0833. The van der Waals surface area contributed by atoms with Crippen molar-refractivity contribution < 1.29 is 18.3 Å². The highest BCUT2D eigenvalue weighted by molar-refractivity contribution is 7.89. The molecule has 0 aliphatic rings. The van der Waals surface area contributed by atoms with Crippen LogP contribution in [-0.4, -0.2) is 29.7 Å². The maximum atomic E-state index is 12.0. The maximum Gasteiger partial charge on any atom is 0.340 e. The Labute approximate surface area is 120 Å². The smallest absolute Gasteiger partial charge is 0.340 e. The number of nitrogens with zero attached hydrogens (tertiary/aromatic N) is 2. The van der Waals surface area contributed by atoms with Gasteiger partial charge in [-0.2, -0.15) is 10.4 Å². The molecule has 0 unspecified atom stereocenters. The van der Waals surface area contributed by atoms with Crippen molar-refractivity contribution in [3.8, 4) is 6.07 Å². The Kier molecular flexibility index (Phi) is 4.02. The first-order valence-corrected chi connectivity index (χ1v) is 7.18. The van der Waals surface area contributed by atoms with Gasteiger partial charge in [-0.05, 0) is 17.7 Å². The normalized spacial score (nSPS) is 11.0. The maximum absolute atomic E-state index is 12.0. The standard InChI is InChI=1S/C12H10N4O4S/c13-5-8-1-3-9(4-2-8)6-15-21(19,20)11-10(12(17)18)7-14-16-11/h1-4,7,15H,6H2,(H,14,16)(H,17,18). The molecule has 0 bridgehead atoms. The van der Waals surface area contributed by atoms with Crippen LogP contribution in [0.3, 0.4) is 0 Å². The number of nitrogens with one attached hydrogen (secondary N) is 2. The summed E-state index contributed by atoms with van der Waals surface area (Å²) in [5.74, 6) is -1.39. The van der Waals surface area contributed by atoms with Crippen LogP contribution in [0.5, 0.6) is 0 Å². The number of carboxylic acids is 1. The van der Waals surface area contributed by atoms with E-state index >= 15 is 0 Å². The topological polar surface area (TPSA) is 136 Å². The summed E-state index contributed by atoms with van der Waals surface area (Å²) in [4.78, 5) is 10.9. The highest BCUT2D eigenvalue weighted by Gasteiger charge is 2.24. The van der Waals surface area contributed by atoms with E-state index in [1.807, 2.05) is 6.07 Å². The Hall–Kier alpha value is -2.70. The van der Waals surface area contributed by atoms with Gasteiger partial charge in [0.1, 0.15) is 5.56 Å². The number of sulfonamides is 1. The molecule has 0 fully saturated rings. The Morgan fingerprint density at radius 1 is 1.38 bits per heavy atom. The van der Waals surface area contributed by atoms with Crippen LogP contribution in [0, 0.1) is 11.3 Å². The summed E-state index contributed by atoms with van der Waals surface area (Å²) in [5, 5.41) is 22.6. The van der Waals surface area contributed by atoms with Crippen LogP contribution in [0.1, 0.15) is 21.5 Å². The van der Waals surface area contributed by atoms with E-state index in [-0.39, 0.29) is 6.54 Å². The Balaban J connectivity index is 2.16. The van der Waals surface area contributed by atoms with E-state index in [0.717, 1.165) is 6.20 Å². The average Bonchev–Trinajstić information content (AvgIpc) is 2.96. The second-order valence-corrected chi connectivity index (χ2v) is 5.76. The van der Waals surface area contributed by atoms with E-state index in [1.54, 1.807) is 24.3 Å². The number of rotatable bonds is 5. The van der Waals surface area contributed by atoms with Crippen molar-refractivity contribution in [3.05, 3.63) is 47.2 Å². The quantitative estimate of drug-likeness (QED) is 0.734. The summed E-state index contributed by atoms with van der Waals surface area (Å²) in [6.07, 6.45) is 0.929. The molecule has 21 heavy (non-hydrogen) atoms. The molecule has 0 aliphatic heterocycles. The summed E-state index contributed by atoms with van der Waals surface area (Å²) in [5.41, 5.74) is 0.666. The summed E-state index contributed by atoms with van der Waals surface area (Å²) in [6, 6.07) is 8.27. The van der Waals surface area contributed by atoms with Crippen molar-refractivity contribution in [2.24, 2.45) is 0 Å². The van der Waals surface area contributed by atoms with Gasteiger partial charge in [0.2, 0.25) is 0 Å². The number of H-pyrrole nitrogens is 1. The van der Waals surface area contributed by atoms with Crippen molar-refractivity contribution in [2.75, 3.05) is 0 Å². The first-order chi connectivity index (χ1) is 9.94. The molecular formula is C12H10N4O4S. The molecule has 1 aromatic carbocycles. The number of carboxylic acid groups (broad SMARTS) is 1. The van der Waals surface area contributed by atoms with Crippen LogP contribution in [0.2, 0.25) is 0 Å². The molecule has 8 nitrogen and oxygen atoms in total. The van der Waals surface area contributed by atoms with Gasteiger partial charge in [0.15, 0.2) is 5.03 Å². The fourth-order valence-corrected chi connectivity index (χ4v) is 2.68. The number of aromatic amines is 1. The molecule has 9 heteroatoms. The molecule has 1 aromatic heterocycles. The zero-order chi connectivity index (χ0) is 15.5. The number of aromatic nitrogens is 2. The number of benzene rings is 1. The van der Waals surface area contributed by atoms with Crippen LogP contribution in [0.4, 0.5) is 0 Å². The minimum absolute atomic E-state index is 0.0356. The van der Waals surface area contributed by atoms with E-state index in [1.165, 1.54) is 0 Å². The average molecular weight is 306 g/mol. The molecule has 0 radical (unpaired) electrons. The van der Waals surface area contributed by atoms with E-state index < -0.39 is 26.6 Å². The second-order valence-electron chi connectivity index (χ2n) is 4.05. The van der Waals surface area contributed by atoms with Crippen LogP contribution in [0.25, 0.3) is 0 Å². The predicted molar refractivity (Wildman–Crippen MR) is 70.7 cm³/mol. The molecule has 3 N–H and O–H groups in total. The lowest BCUT2D eigenvalue weighted by Gasteiger charge is -2.06. The molecule has 0 aliphatic carbocycles. The molecular weight excluding hydrogens is 296 g/mol. The van der Waals surface area contributed by atoms with Crippen molar-refractivity contribution in [1.82, 2.24) is 14.9 Å². The molecule has 108 valence electrons. The van der Waals surface area contributed by atoms with Gasteiger partial charge in [-0.25, -0.2) is 17.9 Å². The van der Waals surface area contributed by atoms with E-state index in [0.29, 0.717) is 11.1 Å². The molecule has 2 aromatic rings. The van der Waals surface area contributed by atoms with E-state index in [2.05, 4.69) is 14.9 Å². The summed E-state index contributed by atoms with van der Waals surface area (Å²) < 4.78 is 26.3. The van der Waals surface area contributed by atoms with Gasteiger partial charge in [-0.3, -0.25) is 5.10 Å². The lowest BCUT2D eigenvalue weighted by Crippen LogP contribution is -2.25. The third-order valence-corrected chi connectivity index (χ3v) is 4.03. The van der Waals surface area contributed by atoms with Gasteiger partial charge in [0, 0.05) is 6.54 Å². The number of aromatic carboxylic acids is 1. The molecule has 1 heterocycles. The Morgan fingerprint density at radius 3 is 2.62 bits per heavy atom. The molecule has 0 saturated carbocycles. The summed E-state index contributed by atoms with van der Waals surface area (Å²) >= 11 is 0. The highest BCUT2D eigenvalue weighted by atomic mass is 32.2. The van der Waals surface area contributed by atoms with Crippen molar-refractivity contribution in [3.63, 3.8) is 0 Å². The highest BCUT2D eigenvalue weighted by Crippen LogP contribution is 2.12. The van der Waals surface area contributed by atoms with E-state index in [9.17, 15) is 13.2 Å². The largest absolute Gasteiger partial charge is 0.478 e. The van der Waals surface area contributed by atoms with Crippen molar-refractivity contribution in [1.29, 1.82) is 5.26 Å². The monoisotopic (exact) mass is 306 g/mol. The molecule has 0 spiro atoms. The minimum Gasteiger partial charge on any atom is -0.478 e.